The van der Waals surface area contributed by atoms with Crippen molar-refractivity contribution in [1.29, 1.82) is 5.26 Å². The molecule has 0 aliphatic heterocycles. The largest absolute Gasteiger partial charge is 0.365 e. The molecule has 24 heavy (non-hydrogen) atoms. The summed E-state index contributed by atoms with van der Waals surface area (Å²) in [6, 6.07) is 13.2. The molecule has 2 aromatic rings. The zero-order valence-corrected chi connectivity index (χ0v) is 13.3. The minimum atomic E-state index is -0.471. The van der Waals surface area contributed by atoms with E-state index < -0.39 is 4.92 Å². The Morgan fingerprint density at radius 2 is 1.96 bits per heavy atom. The van der Waals surface area contributed by atoms with Crippen LogP contribution in [0.15, 0.2) is 42.5 Å². The van der Waals surface area contributed by atoms with Crippen LogP contribution < -0.4 is 10.2 Å². The van der Waals surface area contributed by atoms with E-state index in [0.29, 0.717) is 23.4 Å². The van der Waals surface area contributed by atoms with Crippen molar-refractivity contribution in [3.63, 3.8) is 0 Å². The highest BCUT2D eigenvalue weighted by Crippen LogP contribution is 2.29. The molecule has 0 atom stereocenters. The zero-order valence-electron chi connectivity index (χ0n) is 13.3. The first-order valence-corrected chi connectivity index (χ1v) is 7.17. The van der Waals surface area contributed by atoms with Gasteiger partial charge in [-0.1, -0.05) is 12.1 Å². The van der Waals surface area contributed by atoms with E-state index in [0.717, 1.165) is 5.56 Å². The van der Waals surface area contributed by atoms with Gasteiger partial charge in [0.1, 0.15) is 5.69 Å². The maximum absolute atomic E-state index is 11.5. The number of nitrogens with zero attached hydrogens (tertiary/aromatic N) is 3. The van der Waals surface area contributed by atoms with Crippen LogP contribution in [-0.2, 0) is 6.54 Å². The van der Waals surface area contributed by atoms with Crippen molar-refractivity contribution < 1.29 is 9.72 Å². The molecule has 0 aromatic heterocycles. The van der Waals surface area contributed by atoms with Crippen LogP contribution in [0.1, 0.15) is 21.5 Å². The van der Waals surface area contributed by atoms with Gasteiger partial charge in [-0.15, -0.1) is 0 Å². The molecule has 0 saturated carbocycles. The van der Waals surface area contributed by atoms with Gasteiger partial charge in [0.2, 0.25) is 0 Å². The predicted octanol–water partition coefficient (Wildman–Crippen LogP) is 2.46. The SMILES string of the molecule is CNC(=O)c1ccc(CN(C)c2cc(C#N)ccc2[N+](=O)[O-])cc1. The summed E-state index contributed by atoms with van der Waals surface area (Å²) in [5.41, 5.74) is 2.11. The van der Waals surface area contributed by atoms with Gasteiger partial charge in [0.15, 0.2) is 0 Å². The molecular formula is C17H16N4O3. The standard InChI is InChI=1S/C17H16N4O3/c1-19-17(22)14-6-3-12(4-7-14)11-20(2)16-9-13(10-18)5-8-15(16)21(23)24/h3-9H,11H2,1-2H3,(H,19,22). The summed E-state index contributed by atoms with van der Waals surface area (Å²) in [5, 5.41) is 22.7. The van der Waals surface area contributed by atoms with Crippen LogP contribution in [0.25, 0.3) is 0 Å². The summed E-state index contributed by atoms with van der Waals surface area (Å²) in [6.07, 6.45) is 0. The van der Waals surface area contributed by atoms with Crippen molar-refractivity contribution in [1.82, 2.24) is 5.32 Å². The van der Waals surface area contributed by atoms with Crippen molar-refractivity contribution >= 4 is 17.3 Å². The highest BCUT2D eigenvalue weighted by Gasteiger charge is 2.18. The first kappa shape index (κ1) is 17.0. The van der Waals surface area contributed by atoms with Gasteiger partial charge in [0.05, 0.1) is 16.6 Å². The Morgan fingerprint density at radius 1 is 1.29 bits per heavy atom. The van der Waals surface area contributed by atoms with E-state index in [-0.39, 0.29) is 11.6 Å². The fourth-order valence-corrected chi connectivity index (χ4v) is 2.32. The molecule has 0 aliphatic carbocycles. The second-order valence-electron chi connectivity index (χ2n) is 5.20. The lowest BCUT2D eigenvalue weighted by Gasteiger charge is -2.19. The first-order valence-electron chi connectivity index (χ1n) is 7.17. The molecule has 7 nitrogen and oxygen atoms in total. The Labute approximate surface area is 139 Å². The lowest BCUT2D eigenvalue weighted by atomic mass is 10.1. The van der Waals surface area contributed by atoms with Crippen molar-refractivity contribution in [2.75, 3.05) is 19.0 Å². The lowest BCUT2D eigenvalue weighted by Crippen LogP contribution is -2.19. The smallest absolute Gasteiger partial charge is 0.292 e. The van der Waals surface area contributed by atoms with Crippen LogP contribution in [0.5, 0.6) is 0 Å². The first-order chi connectivity index (χ1) is 11.5. The Balaban J connectivity index is 2.26. The Kier molecular flexibility index (Phi) is 5.12. The molecule has 0 saturated heterocycles. The van der Waals surface area contributed by atoms with Gasteiger partial charge in [-0.2, -0.15) is 5.26 Å². The number of hydrogen-bond donors (Lipinski definition) is 1. The van der Waals surface area contributed by atoms with Crippen molar-refractivity contribution in [3.05, 3.63) is 69.3 Å². The van der Waals surface area contributed by atoms with Gasteiger partial charge in [0.25, 0.3) is 11.6 Å². The maximum atomic E-state index is 11.5. The Bertz CT molecular complexity index is 810. The topological polar surface area (TPSA) is 99.3 Å². The highest BCUT2D eigenvalue weighted by atomic mass is 16.6. The average molecular weight is 324 g/mol. The molecule has 0 heterocycles. The van der Waals surface area contributed by atoms with Gasteiger partial charge in [-0.05, 0) is 29.8 Å². The van der Waals surface area contributed by atoms with Crippen LogP contribution >= 0.6 is 0 Å². The number of carbonyl (C=O) groups excluding carboxylic acids is 1. The lowest BCUT2D eigenvalue weighted by molar-refractivity contribution is -0.384. The van der Waals surface area contributed by atoms with Gasteiger partial charge < -0.3 is 10.2 Å². The van der Waals surface area contributed by atoms with Crippen LogP contribution in [0.2, 0.25) is 0 Å². The Morgan fingerprint density at radius 3 is 2.50 bits per heavy atom. The molecular weight excluding hydrogens is 308 g/mol. The summed E-state index contributed by atoms with van der Waals surface area (Å²) in [5.74, 6) is -0.174. The van der Waals surface area contributed by atoms with Crippen molar-refractivity contribution in [2.45, 2.75) is 6.54 Å². The van der Waals surface area contributed by atoms with E-state index >= 15 is 0 Å². The second-order valence-corrected chi connectivity index (χ2v) is 5.20. The fraction of sp³-hybridized carbons (Fsp3) is 0.176. The van der Waals surface area contributed by atoms with E-state index in [1.54, 1.807) is 43.3 Å². The fourth-order valence-electron chi connectivity index (χ4n) is 2.32. The number of amides is 1. The quantitative estimate of drug-likeness (QED) is 0.673. The third-order valence-corrected chi connectivity index (χ3v) is 3.58. The van der Waals surface area contributed by atoms with Crippen LogP contribution in [0.3, 0.4) is 0 Å². The monoisotopic (exact) mass is 324 g/mol. The number of rotatable bonds is 5. The number of nitro benzene ring substituents is 1. The Hall–Kier alpha value is -3.40. The maximum Gasteiger partial charge on any atom is 0.292 e. The summed E-state index contributed by atoms with van der Waals surface area (Å²) in [6.45, 7) is 0.406. The molecule has 2 aromatic carbocycles. The molecule has 1 N–H and O–H groups in total. The number of benzene rings is 2. The van der Waals surface area contributed by atoms with E-state index in [2.05, 4.69) is 5.32 Å². The third-order valence-electron chi connectivity index (χ3n) is 3.58. The molecule has 0 spiro atoms. The normalized spacial score (nSPS) is 9.88. The third kappa shape index (κ3) is 3.67. The molecule has 0 bridgehead atoms. The zero-order chi connectivity index (χ0) is 17.7. The number of nitro groups is 1. The molecule has 0 fully saturated rings. The summed E-state index contributed by atoms with van der Waals surface area (Å²) in [7, 11) is 3.28. The molecule has 7 heteroatoms. The second kappa shape index (κ2) is 7.24. The molecule has 1 amide bonds. The molecule has 0 unspecified atom stereocenters. The van der Waals surface area contributed by atoms with Crippen LogP contribution in [0.4, 0.5) is 11.4 Å². The van der Waals surface area contributed by atoms with E-state index in [1.807, 2.05) is 6.07 Å². The highest BCUT2D eigenvalue weighted by molar-refractivity contribution is 5.93. The summed E-state index contributed by atoms with van der Waals surface area (Å²) >= 11 is 0. The minimum absolute atomic E-state index is 0.0570. The summed E-state index contributed by atoms with van der Waals surface area (Å²) in [4.78, 5) is 23.9. The van der Waals surface area contributed by atoms with Gasteiger partial charge in [0, 0.05) is 32.3 Å². The van der Waals surface area contributed by atoms with Gasteiger partial charge in [-0.3, -0.25) is 14.9 Å². The molecule has 0 aliphatic rings. The van der Waals surface area contributed by atoms with E-state index in [4.69, 9.17) is 5.26 Å². The minimum Gasteiger partial charge on any atom is -0.365 e. The van der Waals surface area contributed by atoms with Gasteiger partial charge >= 0.3 is 0 Å². The van der Waals surface area contributed by atoms with Crippen molar-refractivity contribution in [2.24, 2.45) is 0 Å². The average Bonchev–Trinajstić information content (AvgIpc) is 2.60. The number of nitrogens with one attached hydrogen (secondary N) is 1. The molecule has 2 rings (SSSR count). The van der Waals surface area contributed by atoms with Gasteiger partial charge in [-0.25, -0.2) is 0 Å². The summed E-state index contributed by atoms with van der Waals surface area (Å²) < 4.78 is 0. The predicted molar refractivity (Wildman–Crippen MR) is 89.8 cm³/mol. The van der Waals surface area contributed by atoms with Crippen LogP contribution in [-0.4, -0.2) is 24.9 Å². The molecule has 122 valence electrons. The number of hydrogen-bond acceptors (Lipinski definition) is 5. The van der Waals surface area contributed by atoms with Crippen LogP contribution in [0, 0.1) is 21.4 Å². The number of nitriles is 1. The van der Waals surface area contributed by atoms with E-state index in [1.165, 1.54) is 18.2 Å². The molecule has 0 radical (unpaired) electrons. The van der Waals surface area contributed by atoms with E-state index in [9.17, 15) is 14.9 Å². The number of anilines is 1. The van der Waals surface area contributed by atoms with Crippen molar-refractivity contribution in [3.8, 4) is 6.07 Å². The number of carbonyl (C=O) groups is 1.